The summed E-state index contributed by atoms with van der Waals surface area (Å²) < 4.78 is 0.806. The fraction of sp³-hybridized carbons (Fsp3) is 0. The molecule has 0 aliphatic rings. The van der Waals surface area contributed by atoms with Crippen molar-refractivity contribution < 1.29 is 4.92 Å². The van der Waals surface area contributed by atoms with Crippen LogP contribution in [0, 0.1) is 10.1 Å². The molecule has 0 aliphatic carbocycles. The van der Waals surface area contributed by atoms with E-state index in [1.54, 1.807) is 18.2 Å². The zero-order chi connectivity index (χ0) is 13.1. The van der Waals surface area contributed by atoms with Crippen molar-refractivity contribution in [2.24, 2.45) is 0 Å². The number of aromatic amines is 1. The van der Waals surface area contributed by atoms with E-state index in [0.29, 0.717) is 5.69 Å². The summed E-state index contributed by atoms with van der Waals surface area (Å²) in [6, 6.07) is 6.99. The van der Waals surface area contributed by atoms with E-state index in [4.69, 9.17) is 0 Å². The summed E-state index contributed by atoms with van der Waals surface area (Å²) in [5, 5.41) is 13.5. The Morgan fingerprint density at radius 1 is 1.44 bits per heavy atom. The number of nitrogens with one attached hydrogen (secondary N) is 2. The van der Waals surface area contributed by atoms with E-state index in [-0.39, 0.29) is 5.82 Å². The van der Waals surface area contributed by atoms with Gasteiger partial charge in [0, 0.05) is 10.2 Å². The molecule has 0 atom stereocenters. The lowest BCUT2D eigenvalue weighted by Crippen LogP contribution is -2.14. The smallest absolute Gasteiger partial charge is 0.334 e. The molecule has 0 radical (unpaired) electrons. The van der Waals surface area contributed by atoms with Crippen molar-refractivity contribution in [3.8, 4) is 0 Å². The van der Waals surface area contributed by atoms with E-state index in [0.717, 1.165) is 10.8 Å². The summed E-state index contributed by atoms with van der Waals surface area (Å²) in [7, 11) is 0. The third-order valence-electron chi connectivity index (χ3n) is 2.10. The van der Waals surface area contributed by atoms with Crippen molar-refractivity contribution in [2.75, 3.05) is 5.32 Å². The molecule has 0 spiro atoms. The maximum absolute atomic E-state index is 11.4. The van der Waals surface area contributed by atoms with Gasteiger partial charge in [-0.25, -0.2) is 4.98 Å². The third kappa shape index (κ3) is 2.54. The Labute approximate surface area is 109 Å². The van der Waals surface area contributed by atoms with Crippen molar-refractivity contribution in [1.82, 2.24) is 9.97 Å². The van der Waals surface area contributed by atoms with Crippen molar-refractivity contribution in [3.63, 3.8) is 0 Å². The molecule has 2 rings (SSSR count). The number of halogens is 1. The topological polar surface area (TPSA) is 101 Å². The lowest BCUT2D eigenvalue weighted by atomic mass is 10.3. The molecule has 0 amide bonds. The van der Waals surface area contributed by atoms with Crippen LogP contribution in [0.4, 0.5) is 17.2 Å². The van der Waals surface area contributed by atoms with Gasteiger partial charge in [-0.1, -0.05) is 22.0 Å². The highest BCUT2D eigenvalue weighted by Gasteiger charge is 2.20. The number of hydrogen-bond acceptors (Lipinski definition) is 5. The van der Waals surface area contributed by atoms with Crippen LogP contribution >= 0.6 is 15.9 Å². The van der Waals surface area contributed by atoms with Crippen LogP contribution in [-0.4, -0.2) is 14.9 Å². The predicted octanol–water partition coefficient (Wildman–Crippen LogP) is 2.18. The first-order valence-corrected chi connectivity index (χ1v) is 5.62. The average Bonchev–Trinajstić information content (AvgIpc) is 2.28. The molecule has 18 heavy (non-hydrogen) atoms. The molecule has 0 bridgehead atoms. The first-order chi connectivity index (χ1) is 8.58. The molecule has 1 aromatic carbocycles. The second kappa shape index (κ2) is 4.96. The Kier molecular flexibility index (Phi) is 3.38. The highest BCUT2D eigenvalue weighted by molar-refractivity contribution is 9.10. The van der Waals surface area contributed by atoms with Crippen LogP contribution in [-0.2, 0) is 0 Å². The summed E-state index contributed by atoms with van der Waals surface area (Å²) in [6.07, 6.45) is 1.11. The summed E-state index contributed by atoms with van der Waals surface area (Å²) in [5.41, 5.74) is -0.824. The zero-order valence-electron chi connectivity index (χ0n) is 8.88. The van der Waals surface area contributed by atoms with Crippen molar-refractivity contribution in [1.29, 1.82) is 0 Å². The Hall–Kier alpha value is -2.22. The SMILES string of the molecule is O=c1[nH]cnc(Nc2cccc(Br)c2)c1[N+](=O)[O-]. The normalized spacial score (nSPS) is 10.1. The predicted molar refractivity (Wildman–Crippen MR) is 68.9 cm³/mol. The number of aromatic nitrogens is 2. The first-order valence-electron chi connectivity index (χ1n) is 4.82. The fourth-order valence-corrected chi connectivity index (χ4v) is 1.76. The number of hydrogen-bond donors (Lipinski definition) is 2. The van der Waals surface area contributed by atoms with Gasteiger partial charge in [-0.05, 0) is 18.2 Å². The van der Waals surface area contributed by atoms with Crippen LogP contribution in [0.5, 0.6) is 0 Å². The lowest BCUT2D eigenvalue weighted by molar-refractivity contribution is -0.385. The number of H-pyrrole nitrogens is 1. The Bertz CT molecular complexity index is 656. The van der Waals surface area contributed by atoms with Gasteiger partial charge in [-0.2, -0.15) is 0 Å². The molecular formula is C10H7BrN4O3. The van der Waals surface area contributed by atoms with Crippen LogP contribution in [0.1, 0.15) is 0 Å². The molecular weight excluding hydrogens is 304 g/mol. The van der Waals surface area contributed by atoms with E-state index < -0.39 is 16.2 Å². The minimum atomic E-state index is -0.799. The Morgan fingerprint density at radius 2 is 2.22 bits per heavy atom. The molecule has 92 valence electrons. The van der Waals surface area contributed by atoms with Crippen LogP contribution in [0.15, 0.2) is 39.9 Å². The van der Waals surface area contributed by atoms with E-state index in [2.05, 4.69) is 31.2 Å². The van der Waals surface area contributed by atoms with Gasteiger partial charge in [0.15, 0.2) is 0 Å². The largest absolute Gasteiger partial charge is 0.376 e. The number of anilines is 2. The van der Waals surface area contributed by atoms with E-state index >= 15 is 0 Å². The summed E-state index contributed by atoms with van der Waals surface area (Å²) >= 11 is 3.28. The zero-order valence-corrected chi connectivity index (χ0v) is 10.5. The third-order valence-corrected chi connectivity index (χ3v) is 2.59. The summed E-state index contributed by atoms with van der Waals surface area (Å²) in [5.74, 6) is -0.0955. The highest BCUT2D eigenvalue weighted by Crippen LogP contribution is 2.23. The standard InChI is InChI=1S/C10H7BrN4O3/c11-6-2-1-3-7(4-6)14-9-8(15(17)18)10(16)13-5-12-9/h1-5H,(H2,12,13,14,16). The summed E-state index contributed by atoms with van der Waals surface area (Å²) in [6.45, 7) is 0. The quantitative estimate of drug-likeness (QED) is 0.668. The van der Waals surface area contributed by atoms with Gasteiger partial charge in [0.05, 0.1) is 11.3 Å². The average molecular weight is 311 g/mol. The monoisotopic (exact) mass is 310 g/mol. The van der Waals surface area contributed by atoms with E-state index in [1.165, 1.54) is 0 Å². The van der Waals surface area contributed by atoms with Crippen LogP contribution in [0.3, 0.4) is 0 Å². The summed E-state index contributed by atoms with van der Waals surface area (Å²) in [4.78, 5) is 27.3. The molecule has 0 fully saturated rings. The van der Waals surface area contributed by atoms with E-state index in [1.807, 2.05) is 6.07 Å². The second-order valence-electron chi connectivity index (χ2n) is 3.32. The van der Waals surface area contributed by atoms with Gasteiger partial charge >= 0.3 is 11.2 Å². The van der Waals surface area contributed by atoms with Crippen molar-refractivity contribution >= 4 is 33.1 Å². The van der Waals surface area contributed by atoms with Crippen LogP contribution in [0.2, 0.25) is 0 Å². The molecule has 0 unspecified atom stereocenters. The van der Waals surface area contributed by atoms with E-state index in [9.17, 15) is 14.9 Å². The minimum Gasteiger partial charge on any atom is -0.334 e. The van der Waals surface area contributed by atoms with Crippen molar-refractivity contribution in [3.05, 3.63) is 55.5 Å². The van der Waals surface area contributed by atoms with Gasteiger partial charge in [-0.3, -0.25) is 14.9 Å². The molecule has 2 aromatic rings. The molecule has 7 nitrogen and oxygen atoms in total. The number of nitrogens with zero attached hydrogens (tertiary/aromatic N) is 2. The first kappa shape index (κ1) is 12.2. The maximum Gasteiger partial charge on any atom is 0.376 e. The van der Waals surface area contributed by atoms with Gasteiger partial charge in [0.1, 0.15) is 0 Å². The molecule has 1 heterocycles. The van der Waals surface area contributed by atoms with Crippen LogP contribution in [0.25, 0.3) is 0 Å². The van der Waals surface area contributed by atoms with Gasteiger partial charge < -0.3 is 10.3 Å². The lowest BCUT2D eigenvalue weighted by Gasteiger charge is -2.05. The van der Waals surface area contributed by atoms with Gasteiger partial charge in [-0.15, -0.1) is 0 Å². The Balaban J connectivity index is 2.44. The van der Waals surface area contributed by atoms with Gasteiger partial charge in [0.25, 0.3) is 0 Å². The molecule has 0 saturated carbocycles. The molecule has 0 saturated heterocycles. The van der Waals surface area contributed by atoms with Crippen molar-refractivity contribution in [2.45, 2.75) is 0 Å². The number of benzene rings is 1. The second-order valence-corrected chi connectivity index (χ2v) is 4.24. The number of rotatable bonds is 3. The fourth-order valence-electron chi connectivity index (χ4n) is 1.36. The molecule has 2 N–H and O–H groups in total. The Morgan fingerprint density at radius 3 is 2.89 bits per heavy atom. The minimum absolute atomic E-state index is 0.0955. The van der Waals surface area contributed by atoms with Gasteiger partial charge in [0.2, 0.25) is 5.82 Å². The molecule has 0 aliphatic heterocycles. The highest BCUT2D eigenvalue weighted by atomic mass is 79.9. The number of nitro groups is 1. The maximum atomic E-state index is 11.4. The molecule has 1 aromatic heterocycles. The van der Waals surface area contributed by atoms with Crippen LogP contribution < -0.4 is 10.9 Å². The molecule has 8 heteroatoms.